The highest BCUT2D eigenvalue weighted by Crippen LogP contribution is 2.01. The van der Waals surface area contributed by atoms with Gasteiger partial charge in [-0.3, -0.25) is 0 Å². The van der Waals surface area contributed by atoms with Crippen molar-refractivity contribution in [3.8, 4) is 0 Å². The molecule has 2 amide bonds. The minimum atomic E-state index is -0.147. The Labute approximate surface area is 93.3 Å². The fraction of sp³-hybridized carbons (Fsp3) is 0.700. The molecular weight excluding hydrogens is 189 g/mol. The van der Waals surface area contributed by atoms with Crippen molar-refractivity contribution in [2.75, 3.05) is 7.05 Å². The second-order valence-electron chi connectivity index (χ2n) is 3.77. The average Bonchev–Trinajstić information content (AvgIpc) is 2.13. The van der Waals surface area contributed by atoms with Crippen molar-refractivity contribution in [2.24, 2.45) is 0 Å². The van der Waals surface area contributed by atoms with Gasteiger partial charge in [-0.25, -0.2) is 4.79 Å². The Morgan fingerprint density at radius 2 is 1.73 bits per heavy atom. The normalized spacial score (nSPS) is 13.8. The molecule has 0 aliphatic rings. The molecule has 0 fully saturated rings. The molecular formula is C10H20BN3O. The van der Waals surface area contributed by atoms with E-state index in [0.29, 0.717) is 5.60 Å². The first-order valence-electron chi connectivity index (χ1n) is 5.14. The molecule has 2 unspecified atom stereocenters. The Morgan fingerprint density at radius 3 is 2.13 bits per heavy atom. The van der Waals surface area contributed by atoms with Gasteiger partial charge in [-0.1, -0.05) is 6.58 Å². The predicted octanol–water partition coefficient (Wildman–Crippen LogP) is 0.702. The van der Waals surface area contributed by atoms with E-state index in [1.165, 1.54) is 0 Å². The van der Waals surface area contributed by atoms with Gasteiger partial charge >= 0.3 is 6.03 Å². The molecule has 3 N–H and O–H groups in total. The summed E-state index contributed by atoms with van der Waals surface area (Å²) in [6.45, 7) is 7.57. The van der Waals surface area contributed by atoms with Gasteiger partial charge in [-0.15, -0.1) is 0 Å². The third-order valence-corrected chi connectivity index (χ3v) is 2.07. The summed E-state index contributed by atoms with van der Waals surface area (Å²) < 4.78 is 0. The predicted molar refractivity (Wildman–Crippen MR) is 63.8 cm³/mol. The quantitative estimate of drug-likeness (QED) is 0.564. The summed E-state index contributed by atoms with van der Waals surface area (Å²) in [6.07, 6.45) is 1.83. The van der Waals surface area contributed by atoms with Crippen LogP contribution in [0.3, 0.4) is 0 Å². The largest absolute Gasteiger partial charge is 0.395 e. The summed E-state index contributed by atoms with van der Waals surface area (Å²) >= 11 is 0. The summed E-state index contributed by atoms with van der Waals surface area (Å²) in [5.41, 5.74) is 0.481. The SMILES string of the molecule is [B]C(=C)NC(C)CCC(C)NC(=O)NC. The fourth-order valence-corrected chi connectivity index (χ4v) is 1.26. The lowest BCUT2D eigenvalue weighted by Crippen LogP contribution is -2.39. The van der Waals surface area contributed by atoms with Crippen LogP contribution in [0.1, 0.15) is 26.7 Å². The number of carbonyl (C=O) groups is 1. The third-order valence-electron chi connectivity index (χ3n) is 2.07. The van der Waals surface area contributed by atoms with Crippen molar-refractivity contribution in [1.29, 1.82) is 0 Å². The molecule has 0 spiro atoms. The number of urea groups is 1. The highest BCUT2D eigenvalue weighted by atomic mass is 16.2. The number of carbonyl (C=O) groups excluding carboxylic acids is 1. The molecule has 0 aliphatic carbocycles. The van der Waals surface area contributed by atoms with Gasteiger partial charge in [-0.05, 0) is 32.3 Å². The summed E-state index contributed by atoms with van der Waals surface area (Å²) in [5, 5.41) is 8.34. The summed E-state index contributed by atoms with van der Waals surface area (Å²) in [7, 11) is 7.02. The smallest absolute Gasteiger partial charge is 0.314 e. The molecule has 0 bridgehead atoms. The highest BCUT2D eigenvalue weighted by Gasteiger charge is 2.07. The molecule has 15 heavy (non-hydrogen) atoms. The van der Waals surface area contributed by atoms with E-state index in [9.17, 15) is 4.79 Å². The van der Waals surface area contributed by atoms with Gasteiger partial charge in [0.2, 0.25) is 0 Å². The zero-order valence-corrected chi connectivity index (χ0v) is 9.76. The standard InChI is InChI=1S/C10H20BN3O/c1-7(13-9(3)11)5-6-8(2)14-10(15)12-4/h7-8,13H,3,5-6H2,1-2,4H3,(H2,12,14,15). The van der Waals surface area contributed by atoms with Crippen LogP contribution in [0.5, 0.6) is 0 Å². The van der Waals surface area contributed by atoms with Crippen LogP contribution < -0.4 is 16.0 Å². The maximum atomic E-state index is 11.0. The van der Waals surface area contributed by atoms with E-state index in [4.69, 9.17) is 7.85 Å². The van der Waals surface area contributed by atoms with Gasteiger partial charge in [0.25, 0.3) is 0 Å². The summed E-state index contributed by atoms with van der Waals surface area (Å²) in [4.78, 5) is 11.0. The number of rotatable bonds is 6. The summed E-state index contributed by atoms with van der Waals surface area (Å²) in [5.74, 6) is 0. The lowest BCUT2D eigenvalue weighted by molar-refractivity contribution is 0.238. The monoisotopic (exact) mass is 209 g/mol. The second kappa shape index (κ2) is 7.20. The first kappa shape index (κ1) is 13.9. The van der Waals surface area contributed by atoms with Crippen molar-refractivity contribution < 1.29 is 4.79 Å². The highest BCUT2D eigenvalue weighted by molar-refractivity contribution is 6.20. The Bertz CT molecular complexity index is 221. The number of amides is 2. The van der Waals surface area contributed by atoms with E-state index in [-0.39, 0.29) is 18.1 Å². The zero-order valence-electron chi connectivity index (χ0n) is 9.76. The number of hydrogen-bond acceptors (Lipinski definition) is 2. The van der Waals surface area contributed by atoms with Gasteiger partial charge in [-0.2, -0.15) is 0 Å². The molecule has 84 valence electrons. The molecule has 0 saturated heterocycles. The Morgan fingerprint density at radius 1 is 1.27 bits per heavy atom. The van der Waals surface area contributed by atoms with Crippen molar-refractivity contribution in [3.63, 3.8) is 0 Å². The first-order chi connectivity index (χ1) is 6.95. The Balaban J connectivity index is 3.65. The van der Waals surface area contributed by atoms with Crippen LogP contribution in [-0.4, -0.2) is 33.0 Å². The van der Waals surface area contributed by atoms with E-state index in [1.54, 1.807) is 7.05 Å². The van der Waals surface area contributed by atoms with Crippen molar-refractivity contribution in [1.82, 2.24) is 16.0 Å². The van der Waals surface area contributed by atoms with Gasteiger partial charge in [0, 0.05) is 19.1 Å². The molecule has 0 aliphatic heterocycles. The van der Waals surface area contributed by atoms with E-state index >= 15 is 0 Å². The minimum absolute atomic E-state index is 0.147. The van der Waals surface area contributed by atoms with E-state index in [2.05, 4.69) is 22.5 Å². The van der Waals surface area contributed by atoms with Crippen LogP contribution in [-0.2, 0) is 0 Å². The number of nitrogens with one attached hydrogen (secondary N) is 3. The maximum absolute atomic E-state index is 11.0. The van der Waals surface area contributed by atoms with Crippen molar-refractivity contribution in [2.45, 2.75) is 38.8 Å². The Kier molecular flexibility index (Phi) is 6.66. The first-order valence-corrected chi connectivity index (χ1v) is 5.14. The molecule has 0 rings (SSSR count). The van der Waals surface area contributed by atoms with E-state index in [1.807, 2.05) is 13.8 Å². The average molecular weight is 209 g/mol. The molecule has 5 heteroatoms. The van der Waals surface area contributed by atoms with Gasteiger partial charge in [0.15, 0.2) is 0 Å². The van der Waals surface area contributed by atoms with Crippen molar-refractivity contribution >= 4 is 13.9 Å². The lowest BCUT2D eigenvalue weighted by atomic mass is 10.0. The van der Waals surface area contributed by atoms with Gasteiger partial charge < -0.3 is 16.0 Å². The maximum Gasteiger partial charge on any atom is 0.314 e. The van der Waals surface area contributed by atoms with Crippen LogP contribution in [0.25, 0.3) is 0 Å². The van der Waals surface area contributed by atoms with Crippen LogP contribution in [0, 0.1) is 0 Å². The second-order valence-corrected chi connectivity index (χ2v) is 3.77. The van der Waals surface area contributed by atoms with Crippen LogP contribution >= 0.6 is 0 Å². The van der Waals surface area contributed by atoms with Crippen LogP contribution in [0.4, 0.5) is 4.79 Å². The minimum Gasteiger partial charge on any atom is -0.395 e. The van der Waals surface area contributed by atoms with E-state index < -0.39 is 0 Å². The van der Waals surface area contributed by atoms with Crippen molar-refractivity contribution in [3.05, 3.63) is 12.2 Å². The third kappa shape index (κ3) is 7.91. The lowest BCUT2D eigenvalue weighted by Gasteiger charge is -2.18. The van der Waals surface area contributed by atoms with Crippen LogP contribution in [0.2, 0.25) is 0 Å². The van der Waals surface area contributed by atoms with Gasteiger partial charge in [0.05, 0.1) is 0 Å². The molecule has 0 saturated carbocycles. The molecule has 4 nitrogen and oxygen atoms in total. The molecule has 0 aromatic rings. The zero-order chi connectivity index (χ0) is 11.8. The molecule has 0 aromatic heterocycles. The fourth-order valence-electron chi connectivity index (χ4n) is 1.26. The summed E-state index contributed by atoms with van der Waals surface area (Å²) in [6, 6.07) is 0.281. The topological polar surface area (TPSA) is 53.2 Å². The van der Waals surface area contributed by atoms with Crippen LogP contribution in [0.15, 0.2) is 12.2 Å². The molecule has 0 aromatic carbocycles. The van der Waals surface area contributed by atoms with Gasteiger partial charge in [0.1, 0.15) is 7.85 Å². The molecule has 2 radical (unpaired) electrons. The Hall–Kier alpha value is -1.13. The van der Waals surface area contributed by atoms with E-state index in [0.717, 1.165) is 12.8 Å². The molecule has 2 atom stereocenters. The number of hydrogen-bond donors (Lipinski definition) is 3. The molecule has 0 heterocycles.